The molecule has 0 radical (unpaired) electrons. The lowest BCUT2D eigenvalue weighted by molar-refractivity contribution is 0.0696. The number of aromatic nitrogens is 1. The predicted molar refractivity (Wildman–Crippen MR) is 145 cm³/mol. The summed E-state index contributed by atoms with van der Waals surface area (Å²) >= 11 is 5.84. The molecule has 1 aliphatic carbocycles. The molecular weight excluding hydrogens is 506 g/mol. The molecule has 5 rings (SSSR count). The van der Waals surface area contributed by atoms with Gasteiger partial charge in [0.05, 0.1) is 11.7 Å². The number of aromatic carboxylic acids is 1. The number of halogens is 1. The number of carbonyl (C=O) groups is 1. The number of anilines is 1. The van der Waals surface area contributed by atoms with Crippen LogP contribution in [0.5, 0.6) is 11.5 Å². The molecule has 1 aliphatic heterocycles. The maximum Gasteiger partial charge on any atom is 0.335 e. The Morgan fingerprint density at radius 3 is 2.66 bits per heavy atom. The molecule has 2 aromatic carbocycles. The molecule has 2 aliphatic rings. The standard InChI is InChI=1S/C29H32ClN3O5/c30-28-6-3-19(16-32-28)27(34)17-31-23-4-1-18-2-5-25(13-20(18)11-23)38-26-14-21(29(35)36)12-24(15-26)33-22-7-9-37-10-8-22/h2-3,5-6,12-16,22-23,27,31,33-34H,1,4,7-11,17H2,(H,35,36)/t23-,27+/m0/s1. The Bertz CT molecular complexity index is 1260. The normalized spacial score (nSPS) is 18.4. The van der Waals surface area contributed by atoms with Crippen molar-refractivity contribution in [2.24, 2.45) is 0 Å². The van der Waals surface area contributed by atoms with Crippen LogP contribution in [0, 0.1) is 0 Å². The average Bonchev–Trinajstić information content (AvgIpc) is 2.92. The molecule has 2 atom stereocenters. The first kappa shape index (κ1) is 26.4. The lowest BCUT2D eigenvalue weighted by Crippen LogP contribution is -2.37. The van der Waals surface area contributed by atoms with Crippen LogP contribution >= 0.6 is 11.6 Å². The number of hydrogen-bond acceptors (Lipinski definition) is 7. The highest BCUT2D eigenvalue weighted by Crippen LogP contribution is 2.31. The van der Waals surface area contributed by atoms with Gasteiger partial charge in [-0.15, -0.1) is 0 Å². The first-order valence-corrected chi connectivity index (χ1v) is 13.4. The molecular formula is C29H32ClN3O5. The van der Waals surface area contributed by atoms with Crippen LogP contribution in [-0.4, -0.2) is 53.0 Å². The van der Waals surface area contributed by atoms with Crippen LogP contribution in [0.3, 0.4) is 0 Å². The number of hydrogen-bond donors (Lipinski definition) is 4. The Balaban J connectivity index is 1.24. The number of fused-ring (bicyclic) bond motifs is 1. The number of carboxylic acids is 1. The highest BCUT2D eigenvalue weighted by molar-refractivity contribution is 6.29. The van der Waals surface area contributed by atoms with E-state index in [1.54, 1.807) is 30.5 Å². The summed E-state index contributed by atoms with van der Waals surface area (Å²) in [5.41, 5.74) is 4.09. The van der Waals surface area contributed by atoms with Gasteiger partial charge in [-0.05, 0) is 73.6 Å². The molecule has 1 saturated heterocycles. The fourth-order valence-corrected chi connectivity index (χ4v) is 5.14. The van der Waals surface area contributed by atoms with Crippen molar-refractivity contribution in [1.29, 1.82) is 0 Å². The van der Waals surface area contributed by atoms with Crippen molar-refractivity contribution in [3.63, 3.8) is 0 Å². The number of aliphatic hydroxyl groups excluding tert-OH is 1. The molecule has 200 valence electrons. The summed E-state index contributed by atoms with van der Waals surface area (Å²) in [4.78, 5) is 15.8. The number of nitrogens with zero attached hydrogens (tertiary/aromatic N) is 1. The Labute approximate surface area is 227 Å². The number of pyridine rings is 1. The van der Waals surface area contributed by atoms with E-state index in [4.69, 9.17) is 21.1 Å². The van der Waals surface area contributed by atoms with E-state index < -0.39 is 12.1 Å². The second-order valence-corrected chi connectivity index (χ2v) is 10.3. The van der Waals surface area contributed by atoms with Crippen LogP contribution in [0.4, 0.5) is 5.69 Å². The molecule has 0 saturated carbocycles. The van der Waals surface area contributed by atoms with Crippen molar-refractivity contribution < 1.29 is 24.5 Å². The third-order valence-electron chi connectivity index (χ3n) is 7.12. The van der Waals surface area contributed by atoms with Crippen LogP contribution in [0.2, 0.25) is 5.15 Å². The fourth-order valence-electron chi connectivity index (χ4n) is 5.03. The van der Waals surface area contributed by atoms with Crippen molar-refractivity contribution in [2.45, 2.75) is 50.3 Å². The zero-order valence-electron chi connectivity index (χ0n) is 21.0. The van der Waals surface area contributed by atoms with E-state index >= 15 is 0 Å². The molecule has 2 heterocycles. The van der Waals surface area contributed by atoms with Crippen LogP contribution in [0.1, 0.15) is 52.4 Å². The number of carboxylic acid groups (broad SMARTS) is 1. The summed E-state index contributed by atoms with van der Waals surface area (Å²) < 4.78 is 11.6. The Morgan fingerprint density at radius 1 is 1.05 bits per heavy atom. The van der Waals surface area contributed by atoms with Crippen molar-refractivity contribution >= 4 is 23.3 Å². The summed E-state index contributed by atoms with van der Waals surface area (Å²) in [6, 6.07) is 15.0. The van der Waals surface area contributed by atoms with Gasteiger partial charge in [0, 0.05) is 55.4 Å². The van der Waals surface area contributed by atoms with Crippen molar-refractivity contribution in [1.82, 2.24) is 10.3 Å². The van der Waals surface area contributed by atoms with Gasteiger partial charge >= 0.3 is 5.97 Å². The number of rotatable bonds is 9. The van der Waals surface area contributed by atoms with Crippen molar-refractivity contribution in [2.75, 3.05) is 25.1 Å². The van der Waals surface area contributed by atoms with Gasteiger partial charge in [0.25, 0.3) is 0 Å². The largest absolute Gasteiger partial charge is 0.478 e. The highest BCUT2D eigenvalue weighted by atomic mass is 35.5. The quantitative estimate of drug-likeness (QED) is 0.282. The number of benzene rings is 2. The van der Waals surface area contributed by atoms with E-state index in [0.29, 0.717) is 36.4 Å². The molecule has 3 aromatic rings. The van der Waals surface area contributed by atoms with E-state index in [-0.39, 0.29) is 17.6 Å². The summed E-state index contributed by atoms with van der Waals surface area (Å²) in [7, 11) is 0. The average molecular weight is 538 g/mol. The molecule has 0 bridgehead atoms. The lowest BCUT2D eigenvalue weighted by atomic mass is 9.88. The summed E-state index contributed by atoms with van der Waals surface area (Å²) in [6.07, 6.45) is 5.39. The molecule has 1 fully saturated rings. The van der Waals surface area contributed by atoms with E-state index in [9.17, 15) is 15.0 Å². The van der Waals surface area contributed by atoms with Gasteiger partial charge < -0.3 is 30.3 Å². The van der Waals surface area contributed by atoms with Crippen LogP contribution < -0.4 is 15.4 Å². The smallest absolute Gasteiger partial charge is 0.335 e. The van der Waals surface area contributed by atoms with Crippen molar-refractivity contribution in [3.05, 3.63) is 82.1 Å². The first-order chi connectivity index (χ1) is 18.4. The van der Waals surface area contributed by atoms with Crippen molar-refractivity contribution in [3.8, 4) is 11.5 Å². The zero-order chi connectivity index (χ0) is 26.5. The molecule has 4 N–H and O–H groups in total. The Kier molecular flexibility index (Phi) is 8.44. The molecule has 1 aromatic heterocycles. The SMILES string of the molecule is O=C(O)c1cc(NC2CCOCC2)cc(Oc2ccc3c(c2)C[C@@H](NC[C@@H](O)c2ccc(Cl)nc2)CC3)c1. The first-order valence-electron chi connectivity index (χ1n) is 13.0. The monoisotopic (exact) mass is 537 g/mol. The van der Waals surface area contributed by atoms with E-state index in [1.165, 1.54) is 11.1 Å². The molecule has 8 nitrogen and oxygen atoms in total. The van der Waals surface area contributed by atoms with Gasteiger partial charge in [-0.25, -0.2) is 9.78 Å². The molecule has 0 unspecified atom stereocenters. The molecule has 0 spiro atoms. The van der Waals surface area contributed by atoms with Crippen LogP contribution in [0.25, 0.3) is 0 Å². The van der Waals surface area contributed by atoms with Gasteiger partial charge in [0.1, 0.15) is 16.7 Å². The zero-order valence-corrected chi connectivity index (χ0v) is 21.8. The highest BCUT2D eigenvalue weighted by Gasteiger charge is 2.21. The topological polar surface area (TPSA) is 113 Å². The summed E-state index contributed by atoms with van der Waals surface area (Å²) in [5.74, 6) is 0.141. The third-order valence-corrected chi connectivity index (χ3v) is 7.35. The minimum atomic E-state index is -0.999. The van der Waals surface area contributed by atoms with E-state index in [0.717, 1.165) is 43.4 Å². The van der Waals surface area contributed by atoms with Crippen LogP contribution in [-0.2, 0) is 17.6 Å². The number of ether oxygens (including phenoxy) is 2. The minimum Gasteiger partial charge on any atom is -0.478 e. The Morgan fingerprint density at radius 2 is 1.89 bits per heavy atom. The summed E-state index contributed by atoms with van der Waals surface area (Å²) in [5, 5.41) is 27.5. The van der Waals surface area contributed by atoms with Crippen LogP contribution in [0.15, 0.2) is 54.7 Å². The summed E-state index contributed by atoms with van der Waals surface area (Å²) in [6.45, 7) is 1.81. The number of aryl methyl sites for hydroxylation is 1. The second-order valence-electron chi connectivity index (χ2n) is 9.89. The second kappa shape index (κ2) is 12.1. The molecule has 9 heteroatoms. The Hall–Kier alpha value is -3.17. The van der Waals surface area contributed by atoms with Gasteiger partial charge in [0.2, 0.25) is 0 Å². The fraction of sp³-hybridized carbons (Fsp3) is 0.379. The third kappa shape index (κ3) is 6.82. The van der Waals surface area contributed by atoms with Gasteiger partial charge in [0.15, 0.2) is 0 Å². The van der Waals surface area contributed by atoms with Gasteiger partial charge in [-0.3, -0.25) is 0 Å². The predicted octanol–water partition coefficient (Wildman–Crippen LogP) is 5.00. The van der Waals surface area contributed by atoms with E-state index in [1.807, 2.05) is 18.2 Å². The molecule has 0 amide bonds. The minimum absolute atomic E-state index is 0.175. The maximum absolute atomic E-state index is 11.8. The van der Waals surface area contributed by atoms with E-state index in [2.05, 4.69) is 21.7 Å². The number of nitrogens with one attached hydrogen (secondary N) is 2. The van der Waals surface area contributed by atoms with Gasteiger partial charge in [-0.1, -0.05) is 23.7 Å². The number of aliphatic hydroxyl groups is 1. The maximum atomic E-state index is 11.8. The lowest BCUT2D eigenvalue weighted by Gasteiger charge is -2.27. The van der Waals surface area contributed by atoms with Gasteiger partial charge in [-0.2, -0.15) is 0 Å². The molecule has 38 heavy (non-hydrogen) atoms.